The van der Waals surface area contributed by atoms with Crippen LogP contribution in [0.2, 0.25) is 0 Å². The molecule has 0 radical (unpaired) electrons. The minimum absolute atomic E-state index is 0.178. The van der Waals surface area contributed by atoms with Crippen LogP contribution in [0.4, 0.5) is 4.39 Å². The number of amides is 1. The molecular weight excluding hydrogens is 349 g/mol. The Labute approximate surface area is 165 Å². The van der Waals surface area contributed by atoms with Crippen molar-refractivity contribution in [1.29, 1.82) is 0 Å². The molecule has 3 aromatic carbocycles. The molecule has 2 nitrogen and oxygen atoms in total. The zero-order valence-electron chi connectivity index (χ0n) is 15.9. The Hall–Kier alpha value is -2.94. The van der Waals surface area contributed by atoms with Crippen molar-refractivity contribution in [1.82, 2.24) is 4.90 Å². The summed E-state index contributed by atoms with van der Waals surface area (Å²) in [7, 11) is 0. The summed E-state index contributed by atoms with van der Waals surface area (Å²) in [5.41, 5.74) is 3.97. The van der Waals surface area contributed by atoms with E-state index in [0.717, 1.165) is 19.3 Å². The maximum absolute atomic E-state index is 13.9. The van der Waals surface area contributed by atoms with Crippen molar-refractivity contribution in [3.63, 3.8) is 0 Å². The van der Waals surface area contributed by atoms with Crippen molar-refractivity contribution in [3.05, 3.63) is 95.8 Å². The molecule has 0 unspecified atom stereocenters. The highest BCUT2D eigenvalue weighted by Crippen LogP contribution is 2.25. The number of likely N-dealkylation sites (tertiary alicyclic amines) is 1. The summed E-state index contributed by atoms with van der Waals surface area (Å²) in [6.07, 6.45) is 2.94. The molecule has 0 aromatic heterocycles. The van der Waals surface area contributed by atoms with Gasteiger partial charge in [-0.25, -0.2) is 4.39 Å². The summed E-state index contributed by atoms with van der Waals surface area (Å²) in [6, 6.07) is 25.4. The highest BCUT2D eigenvalue weighted by Gasteiger charge is 2.25. The van der Waals surface area contributed by atoms with Gasteiger partial charge in [0.1, 0.15) is 5.82 Å². The normalized spacial score (nSPS) is 14.8. The van der Waals surface area contributed by atoms with E-state index in [2.05, 4.69) is 48.5 Å². The van der Waals surface area contributed by atoms with E-state index in [0.29, 0.717) is 19.0 Å². The van der Waals surface area contributed by atoms with Crippen LogP contribution in [0.15, 0.2) is 78.9 Å². The van der Waals surface area contributed by atoms with Gasteiger partial charge in [-0.15, -0.1) is 0 Å². The Bertz CT molecular complexity index is 928. The average molecular weight is 373 g/mol. The SMILES string of the molecule is O=C(c1ccccc1F)N1CCC(Cc2ccc(-c3ccccc3)cc2)CC1. The highest BCUT2D eigenvalue weighted by molar-refractivity contribution is 5.94. The predicted octanol–water partition coefficient (Wildman–Crippen LogP) is 5.59. The summed E-state index contributed by atoms with van der Waals surface area (Å²) in [5, 5.41) is 0. The molecular formula is C25H24FNO. The van der Waals surface area contributed by atoms with Gasteiger partial charge in [0.2, 0.25) is 0 Å². The molecule has 28 heavy (non-hydrogen) atoms. The molecule has 142 valence electrons. The van der Waals surface area contributed by atoms with Crippen LogP contribution in [0.3, 0.4) is 0 Å². The van der Waals surface area contributed by atoms with Crippen LogP contribution in [0, 0.1) is 11.7 Å². The van der Waals surface area contributed by atoms with Crippen molar-refractivity contribution in [2.45, 2.75) is 19.3 Å². The number of hydrogen-bond donors (Lipinski definition) is 0. The van der Waals surface area contributed by atoms with E-state index in [1.54, 1.807) is 23.1 Å². The van der Waals surface area contributed by atoms with Crippen LogP contribution in [0.25, 0.3) is 11.1 Å². The number of nitrogens with zero attached hydrogens (tertiary/aromatic N) is 1. The van der Waals surface area contributed by atoms with E-state index in [9.17, 15) is 9.18 Å². The molecule has 0 spiro atoms. The first-order valence-corrected chi connectivity index (χ1v) is 9.89. The van der Waals surface area contributed by atoms with Gasteiger partial charge in [-0.3, -0.25) is 4.79 Å². The molecule has 3 heteroatoms. The monoisotopic (exact) mass is 373 g/mol. The number of piperidine rings is 1. The molecule has 1 fully saturated rings. The Balaban J connectivity index is 1.33. The van der Waals surface area contributed by atoms with Crippen molar-refractivity contribution < 1.29 is 9.18 Å². The van der Waals surface area contributed by atoms with E-state index in [4.69, 9.17) is 0 Å². The topological polar surface area (TPSA) is 20.3 Å². The third kappa shape index (κ3) is 4.14. The van der Waals surface area contributed by atoms with Gasteiger partial charge in [-0.2, -0.15) is 0 Å². The van der Waals surface area contributed by atoms with Crippen molar-refractivity contribution in [2.75, 3.05) is 13.1 Å². The van der Waals surface area contributed by atoms with Crippen molar-refractivity contribution in [3.8, 4) is 11.1 Å². The molecule has 1 amide bonds. The standard InChI is InChI=1S/C25H24FNO/c26-24-9-5-4-8-23(24)25(28)27-16-14-20(15-17-27)18-19-10-12-22(13-11-19)21-6-2-1-3-7-21/h1-13,20H,14-18H2. The number of carbonyl (C=O) groups excluding carboxylic acids is 1. The lowest BCUT2D eigenvalue weighted by Crippen LogP contribution is -2.39. The minimum Gasteiger partial charge on any atom is -0.339 e. The molecule has 1 aliphatic rings. The van der Waals surface area contributed by atoms with Crippen molar-refractivity contribution >= 4 is 5.91 Å². The third-order valence-electron chi connectivity index (χ3n) is 5.59. The maximum atomic E-state index is 13.9. The number of benzene rings is 3. The lowest BCUT2D eigenvalue weighted by atomic mass is 9.89. The van der Waals surface area contributed by atoms with Crippen LogP contribution < -0.4 is 0 Å². The van der Waals surface area contributed by atoms with Gasteiger partial charge in [0.15, 0.2) is 0 Å². The Morgan fingerprint density at radius 1 is 0.821 bits per heavy atom. The molecule has 0 aliphatic carbocycles. The molecule has 1 saturated heterocycles. The molecule has 3 aromatic rings. The number of carbonyl (C=O) groups is 1. The van der Waals surface area contributed by atoms with E-state index in [-0.39, 0.29) is 11.5 Å². The summed E-state index contributed by atoms with van der Waals surface area (Å²) >= 11 is 0. The smallest absolute Gasteiger partial charge is 0.256 e. The van der Waals surface area contributed by atoms with E-state index >= 15 is 0 Å². The zero-order valence-corrected chi connectivity index (χ0v) is 15.9. The molecule has 0 N–H and O–H groups in total. The summed E-state index contributed by atoms with van der Waals surface area (Å²) < 4.78 is 13.9. The quantitative estimate of drug-likeness (QED) is 0.584. The lowest BCUT2D eigenvalue weighted by molar-refractivity contribution is 0.0686. The molecule has 0 bridgehead atoms. The van der Waals surface area contributed by atoms with E-state index in [1.165, 1.54) is 22.8 Å². The first-order chi connectivity index (χ1) is 13.7. The minimum atomic E-state index is -0.437. The molecule has 1 heterocycles. The predicted molar refractivity (Wildman–Crippen MR) is 111 cm³/mol. The lowest BCUT2D eigenvalue weighted by Gasteiger charge is -2.32. The molecule has 0 saturated carbocycles. The van der Waals surface area contributed by atoms with E-state index < -0.39 is 5.82 Å². The highest BCUT2D eigenvalue weighted by atomic mass is 19.1. The Morgan fingerprint density at radius 2 is 1.43 bits per heavy atom. The Kier molecular flexibility index (Phi) is 5.52. The van der Waals surface area contributed by atoms with Crippen LogP contribution in [-0.2, 0) is 6.42 Å². The second-order valence-electron chi connectivity index (χ2n) is 7.48. The number of rotatable bonds is 4. The fourth-order valence-corrected chi connectivity index (χ4v) is 3.94. The van der Waals surface area contributed by atoms with Gasteiger partial charge in [0, 0.05) is 13.1 Å². The number of hydrogen-bond acceptors (Lipinski definition) is 1. The second-order valence-corrected chi connectivity index (χ2v) is 7.48. The van der Waals surface area contributed by atoms with Crippen molar-refractivity contribution in [2.24, 2.45) is 5.92 Å². The average Bonchev–Trinajstić information content (AvgIpc) is 2.75. The van der Waals surface area contributed by atoms with Crippen LogP contribution in [0.1, 0.15) is 28.8 Å². The fraction of sp³-hybridized carbons (Fsp3) is 0.240. The first kappa shape index (κ1) is 18.4. The van der Waals surface area contributed by atoms with Gasteiger partial charge >= 0.3 is 0 Å². The molecule has 0 atom stereocenters. The second kappa shape index (κ2) is 8.39. The van der Waals surface area contributed by atoms with Crippen LogP contribution in [0.5, 0.6) is 0 Å². The first-order valence-electron chi connectivity index (χ1n) is 9.89. The fourth-order valence-electron chi connectivity index (χ4n) is 3.94. The van der Waals surface area contributed by atoms with E-state index in [1.807, 2.05) is 6.07 Å². The molecule has 1 aliphatic heterocycles. The third-order valence-corrected chi connectivity index (χ3v) is 5.59. The zero-order chi connectivity index (χ0) is 19.3. The summed E-state index contributed by atoms with van der Waals surface area (Å²) in [5.74, 6) is -0.0656. The van der Waals surface area contributed by atoms with Gasteiger partial charge in [-0.05, 0) is 54.0 Å². The summed E-state index contributed by atoms with van der Waals surface area (Å²) in [4.78, 5) is 14.3. The summed E-state index contributed by atoms with van der Waals surface area (Å²) in [6.45, 7) is 1.39. The van der Waals surface area contributed by atoms with Gasteiger partial charge in [0.25, 0.3) is 5.91 Å². The largest absolute Gasteiger partial charge is 0.339 e. The number of halogens is 1. The Morgan fingerprint density at radius 3 is 2.11 bits per heavy atom. The maximum Gasteiger partial charge on any atom is 0.256 e. The van der Waals surface area contributed by atoms with Gasteiger partial charge in [0.05, 0.1) is 5.56 Å². The van der Waals surface area contributed by atoms with Gasteiger partial charge < -0.3 is 4.90 Å². The molecule has 4 rings (SSSR count). The van der Waals surface area contributed by atoms with Gasteiger partial charge in [-0.1, -0.05) is 66.7 Å². The van der Waals surface area contributed by atoms with Crippen LogP contribution >= 0.6 is 0 Å². The van der Waals surface area contributed by atoms with Crippen LogP contribution in [-0.4, -0.2) is 23.9 Å².